The van der Waals surface area contributed by atoms with E-state index in [0.717, 1.165) is 5.56 Å². The number of alkyl halides is 1. The van der Waals surface area contributed by atoms with Crippen molar-refractivity contribution in [2.45, 2.75) is 12.1 Å². The van der Waals surface area contributed by atoms with E-state index in [2.05, 4.69) is 0 Å². The zero-order valence-electron chi connectivity index (χ0n) is 7.24. The highest BCUT2D eigenvalue weighted by Crippen LogP contribution is 2.31. The van der Waals surface area contributed by atoms with Gasteiger partial charge in [-0.2, -0.15) is 0 Å². The predicted molar refractivity (Wildman–Crippen MR) is 52.8 cm³/mol. The van der Waals surface area contributed by atoms with E-state index in [1.54, 1.807) is 0 Å². The third-order valence-electron chi connectivity index (χ3n) is 2.36. The Morgan fingerprint density at radius 2 is 2.08 bits per heavy atom. The third-order valence-corrected chi connectivity index (χ3v) is 2.64. The summed E-state index contributed by atoms with van der Waals surface area (Å²) in [5.41, 5.74) is 8.20. The van der Waals surface area contributed by atoms with Gasteiger partial charge in [0.25, 0.3) is 0 Å². The topological polar surface area (TPSA) is 35.2 Å². The molecule has 1 aliphatic rings. The summed E-state index contributed by atoms with van der Waals surface area (Å²) in [5.74, 6) is 0.490. The highest BCUT2D eigenvalue weighted by Gasteiger charge is 2.24. The molecule has 0 radical (unpaired) electrons. The van der Waals surface area contributed by atoms with Crippen molar-refractivity contribution in [2.24, 2.45) is 5.73 Å². The molecule has 1 aromatic carbocycles. The molecule has 3 heteroatoms. The molecule has 1 aliphatic heterocycles. The molecule has 2 nitrogen and oxygen atoms in total. The fourth-order valence-corrected chi connectivity index (χ4v) is 1.92. The smallest absolute Gasteiger partial charge is 0.0964 e. The first kappa shape index (κ1) is 9.00. The van der Waals surface area contributed by atoms with Crippen LogP contribution in [0, 0.1) is 0 Å². The Kier molecular flexibility index (Phi) is 2.54. The largest absolute Gasteiger partial charge is 0.370 e. The first-order chi connectivity index (χ1) is 6.33. The number of nitrogens with two attached hydrogens (primary N) is 1. The maximum absolute atomic E-state index is 5.90. The molecule has 2 unspecified atom stereocenters. The molecule has 2 rings (SSSR count). The Hall–Kier alpha value is -0.570. The molecule has 0 bridgehead atoms. The zero-order valence-corrected chi connectivity index (χ0v) is 8.00. The summed E-state index contributed by atoms with van der Waals surface area (Å²) < 4.78 is 5.51. The van der Waals surface area contributed by atoms with Crippen molar-refractivity contribution in [1.29, 1.82) is 0 Å². The van der Waals surface area contributed by atoms with E-state index in [-0.39, 0.29) is 12.1 Å². The maximum Gasteiger partial charge on any atom is 0.0964 e. The van der Waals surface area contributed by atoms with Gasteiger partial charge in [0.2, 0.25) is 0 Å². The van der Waals surface area contributed by atoms with Crippen LogP contribution in [0.15, 0.2) is 24.3 Å². The summed E-state index contributed by atoms with van der Waals surface area (Å²) in [6.07, 6.45) is 0.0117. The number of ether oxygens (including phenoxy) is 1. The minimum atomic E-state index is -0.00401. The van der Waals surface area contributed by atoms with E-state index in [9.17, 15) is 0 Å². The molecule has 13 heavy (non-hydrogen) atoms. The number of halogens is 1. The predicted octanol–water partition coefficient (Wildman–Crippen LogP) is 2.00. The molecular formula is C10H12ClNO. The van der Waals surface area contributed by atoms with Crippen molar-refractivity contribution in [1.82, 2.24) is 0 Å². The highest BCUT2D eigenvalue weighted by atomic mass is 35.5. The molecule has 0 aliphatic carbocycles. The Labute approximate surface area is 82.6 Å². The minimum Gasteiger partial charge on any atom is -0.370 e. The molecule has 1 heterocycles. The van der Waals surface area contributed by atoms with Gasteiger partial charge < -0.3 is 10.5 Å². The number of hydrogen-bond donors (Lipinski definition) is 1. The van der Waals surface area contributed by atoms with Crippen molar-refractivity contribution in [3.8, 4) is 0 Å². The summed E-state index contributed by atoms with van der Waals surface area (Å²) in [4.78, 5) is 0. The average Bonchev–Trinajstić information content (AvgIpc) is 2.19. The van der Waals surface area contributed by atoms with Crippen molar-refractivity contribution >= 4 is 11.6 Å². The molecule has 0 amide bonds. The first-order valence-corrected chi connectivity index (χ1v) is 4.88. The van der Waals surface area contributed by atoms with Crippen molar-refractivity contribution in [2.75, 3.05) is 12.5 Å². The molecule has 0 spiro atoms. The lowest BCUT2D eigenvalue weighted by atomic mass is 9.95. The molecule has 70 valence electrons. The van der Waals surface area contributed by atoms with Crippen molar-refractivity contribution in [3.05, 3.63) is 35.4 Å². The molecule has 2 atom stereocenters. The molecule has 0 aromatic heterocycles. The second kappa shape index (κ2) is 3.66. The number of benzene rings is 1. The normalized spacial score (nSPS) is 26.9. The summed E-state index contributed by atoms with van der Waals surface area (Å²) in [6.45, 7) is 0.564. The Balaban J connectivity index is 2.42. The minimum absolute atomic E-state index is 0.00401. The molecule has 0 fully saturated rings. The van der Waals surface area contributed by atoms with Gasteiger partial charge >= 0.3 is 0 Å². The number of hydrogen-bond acceptors (Lipinski definition) is 2. The van der Waals surface area contributed by atoms with Crippen LogP contribution < -0.4 is 5.73 Å². The van der Waals surface area contributed by atoms with E-state index in [4.69, 9.17) is 22.1 Å². The molecular weight excluding hydrogens is 186 g/mol. The lowest BCUT2D eigenvalue weighted by Gasteiger charge is -2.28. The quantitative estimate of drug-likeness (QED) is 0.699. The van der Waals surface area contributed by atoms with Crippen molar-refractivity contribution in [3.63, 3.8) is 0 Å². The second-order valence-corrected chi connectivity index (χ2v) is 3.52. The van der Waals surface area contributed by atoms with Crippen LogP contribution in [0.1, 0.15) is 23.3 Å². The second-order valence-electron chi connectivity index (χ2n) is 3.21. The standard InChI is InChI=1S/C10H12ClNO/c11-5-10-8-4-2-1-3-7(8)9(12)6-13-10/h1-4,9-10H,5-6,12H2. The fourth-order valence-electron chi connectivity index (χ4n) is 1.67. The molecule has 1 aromatic rings. The third kappa shape index (κ3) is 1.57. The van der Waals surface area contributed by atoms with Crippen LogP contribution in [0.4, 0.5) is 0 Å². The summed E-state index contributed by atoms with van der Waals surface area (Å²) in [7, 11) is 0. The van der Waals surface area contributed by atoms with Crippen LogP contribution >= 0.6 is 11.6 Å². The van der Waals surface area contributed by atoms with Gasteiger partial charge in [0.15, 0.2) is 0 Å². The highest BCUT2D eigenvalue weighted by molar-refractivity contribution is 6.18. The zero-order chi connectivity index (χ0) is 9.26. The summed E-state index contributed by atoms with van der Waals surface area (Å²) >= 11 is 5.79. The Morgan fingerprint density at radius 1 is 1.38 bits per heavy atom. The van der Waals surface area contributed by atoms with Gasteiger partial charge in [-0.1, -0.05) is 24.3 Å². The van der Waals surface area contributed by atoms with E-state index in [1.807, 2.05) is 24.3 Å². The van der Waals surface area contributed by atoms with E-state index in [1.165, 1.54) is 5.56 Å². The molecule has 0 saturated carbocycles. The van der Waals surface area contributed by atoms with Crippen LogP contribution in [0.5, 0.6) is 0 Å². The van der Waals surface area contributed by atoms with Crippen LogP contribution in [-0.2, 0) is 4.74 Å². The molecule has 2 N–H and O–H groups in total. The number of rotatable bonds is 1. The monoisotopic (exact) mass is 197 g/mol. The Bertz CT molecular complexity index is 303. The van der Waals surface area contributed by atoms with Gasteiger partial charge in [-0.05, 0) is 11.1 Å². The lowest BCUT2D eigenvalue weighted by molar-refractivity contribution is 0.0430. The van der Waals surface area contributed by atoms with Gasteiger partial charge in [0, 0.05) is 0 Å². The molecule has 0 saturated heterocycles. The maximum atomic E-state index is 5.90. The van der Waals surface area contributed by atoms with Crippen LogP contribution in [0.25, 0.3) is 0 Å². The summed E-state index contributed by atoms with van der Waals surface area (Å²) in [5, 5.41) is 0. The van der Waals surface area contributed by atoms with Crippen molar-refractivity contribution < 1.29 is 4.74 Å². The Morgan fingerprint density at radius 3 is 2.77 bits per heavy atom. The first-order valence-electron chi connectivity index (χ1n) is 4.35. The van der Waals surface area contributed by atoms with Crippen LogP contribution in [0.2, 0.25) is 0 Å². The average molecular weight is 198 g/mol. The van der Waals surface area contributed by atoms with Gasteiger partial charge in [-0.15, -0.1) is 11.6 Å². The van der Waals surface area contributed by atoms with Gasteiger partial charge in [0.05, 0.1) is 24.6 Å². The van der Waals surface area contributed by atoms with E-state index < -0.39 is 0 Å². The van der Waals surface area contributed by atoms with Gasteiger partial charge in [0.1, 0.15) is 0 Å². The van der Waals surface area contributed by atoms with Gasteiger partial charge in [-0.3, -0.25) is 0 Å². The van der Waals surface area contributed by atoms with Crippen LogP contribution in [0.3, 0.4) is 0 Å². The summed E-state index contributed by atoms with van der Waals surface area (Å²) in [6, 6.07) is 8.05. The lowest BCUT2D eigenvalue weighted by Crippen LogP contribution is -2.27. The van der Waals surface area contributed by atoms with Crippen LogP contribution in [-0.4, -0.2) is 12.5 Å². The fraction of sp³-hybridized carbons (Fsp3) is 0.400. The number of fused-ring (bicyclic) bond motifs is 1. The van der Waals surface area contributed by atoms with Gasteiger partial charge in [-0.25, -0.2) is 0 Å². The van der Waals surface area contributed by atoms with E-state index >= 15 is 0 Å². The van der Waals surface area contributed by atoms with E-state index in [0.29, 0.717) is 12.5 Å². The SMILES string of the molecule is NC1COC(CCl)c2ccccc21.